The van der Waals surface area contributed by atoms with E-state index in [1.54, 1.807) is 54.6 Å². The van der Waals surface area contributed by atoms with Crippen LogP contribution in [0.1, 0.15) is 27.2 Å². The summed E-state index contributed by atoms with van der Waals surface area (Å²) in [5.74, 6) is -1.38. The van der Waals surface area contributed by atoms with E-state index in [1.807, 2.05) is 32.0 Å². The normalized spacial score (nSPS) is 14.9. The Kier molecular flexibility index (Phi) is 6.48. The number of thiocarbonyl (C=S) groups is 1. The zero-order chi connectivity index (χ0) is 27.0. The number of furan rings is 1. The van der Waals surface area contributed by atoms with Crippen LogP contribution in [-0.4, -0.2) is 28.0 Å². The fourth-order valence-electron chi connectivity index (χ4n) is 4.13. The molecule has 1 aromatic heterocycles. The highest BCUT2D eigenvalue weighted by molar-refractivity contribution is 7.81. The molecular weight excluding hydrogens is 500 g/mol. The number of hydrogen-bond acceptors (Lipinski definition) is 5. The summed E-state index contributed by atoms with van der Waals surface area (Å²) < 4.78 is 5.91. The Balaban J connectivity index is 1.57. The van der Waals surface area contributed by atoms with Gasteiger partial charge in [0.05, 0.1) is 16.9 Å². The predicted octanol–water partition coefficient (Wildman–Crippen LogP) is 6.01. The third kappa shape index (κ3) is 4.53. The van der Waals surface area contributed by atoms with Gasteiger partial charge in [-0.25, -0.2) is 4.79 Å². The highest BCUT2D eigenvalue weighted by atomic mass is 32.1. The Morgan fingerprint density at radius 3 is 2.11 bits per heavy atom. The molecule has 3 aromatic carbocycles. The first-order valence-electron chi connectivity index (χ1n) is 11.7. The molecule has 1 saturated heterocycles. The van der Waals surface area contributed by atoms with Gasteiger partial charge in [-0.2, -0.15) is 0 Å². The van der Waals surface area contributed by atoms with Gasteiger partial charge in [0, 0.05) is 5.56 Å². The molecule has 2 heterocycles. The van der Waals surface area contributed by atoms with Crippen molar-refractivity contribution in [1.82, 2.24) is 0 Å². The van der Waals surface area contributed by atoms with Crippen molar-refractivity contribution in [3.63, 3.8) is 0 Å². The van der Waals surface area contributed by atoms with Crippen molar-refractivity contribution in [2.24, 2.45) is 0 Å². The Hall–Kier alpha value is -4.82. The Labute approximate surface area is 224 Å². The van der Waals surface area contributed by atoms with Crippen molar-refractivity contribution >= 4 is 52.6 Å². The number of carboxylic acids is 1. The molecule has 0 unspecified atom stereocenters. The number of amides is 2. The van der Waals surface area contributed by atoms with Crippen LogP contribution in [0.2, 0.25) is 0 Å². The molecule has 5 rings (SSSR count). The lowest BCUT2D eigenvalue weighted by Crippen LogP contribution is -2.57. The number of carbonyl (C=O) groups is 3. The van der Waals surface area contributed by atoms with Crippen molar-refractivity contribution < 1.29 is 23.9 Å². The Morgan fingerprint density at radius 1 is 0.816 bits per heavy atom. The number of carboxylic acid groups (broad SMARTS) is 1. The molecule has 0 saturated carbocycles. The van der Waals surface area contributed by atoms with Crippen LogP contribution in [0, 0.1) is 13.8 Å². The average molecular weight is 523 g/mol. The molecule has 0 spiro atoms. The van der Waals surface area contributed by atoms with E-state index in [0.29, 0.717) is 28.5 Å². The smallest absolute Gasteiger partial charge is 0.335 e. The van der Waals surface area contributed by atoms with E-state index in [1.165, 1.54) is 28.0 Å². The highest BCUT2D eigenvalue weighted by Crippen LogP contribution is 2.32. The van der Waals surface area contributed by atoms with E-state index >= 15 is 0 Å². The third-order valence-corrected chi connectivity index (χ3v) is 6.71. The van der Waals surface area contributed by atoms with Crippen LogP contribution < -0.4 is 9.80 Å². The quantitative estimate of drug-likeness (QED) is 0.196. The molecule has 0 radical (unpaired) electrons. The van der Waals surface area contributed by atoms with Gasteiger partial charge in [-0.05, 0) is 91.8 Å². The largest absolute Gasteiger partial charge is 0.478 e. The fraction of sp³-hybridized carbons (Fsp3) is 0.0667. The summed E-state index contributed by atoms with van der Waals surface area (Å²) in [6.45, 7) is 3.92. The molecule has 188 valence electrons. The van der Waals surface area contributed by atoms with Crippen LogP contribution in [0.5, 0.6) is 0 Å². The molecule has 4 aromatic rings. The number of aromatic carboxylic acids is 1. The summed E-state index contributed by atoms with van der Waals surface area (Å²) >= 11 is 5.67. The van der Waals surface area contributed by atoms with E-state index in [4.69, 9.17) is 21.7 Å². The topological polar surface area (TPSA) is 91.1 Å². The standard InChI is InChI=1S/C30H22N2O5S/c1-18-8-13-23(16-19(18)2)32-28(34)25(27(33)31(30(32)38)22-6-4-3-5-7-22)17-24-14-15-26(37-24)20-9-11-21(12-10-20)29(35)36/h3-17H,1-2H3,(H,35,36)/b25-17-. The number of benzene rings is 3. The lowest BCUT2D eigenvalue weighted by molar-refractivity contribution is -0.120. The lowest BCUT2D eigenvalue weighted by Gasteiger charge is -2.36. The van der Waals surface area contributed by atoms with Crippen LogP contribution >= 0.6 is 12.2 Å². The first kappa shape index (κ1) is 24.9. The maximum absolute atomic E-state index is 13.7. The molecule has 1 aliphatic heterocycles. The Bertz CT molecular complexity index is 1620. The molecule has 1 fully saturated rings. The van der Waals surface area contributed by atoms with Crippen molar-refractivity contribution in [3.05, 3.63) is 113 Å². The lowest BCUT2D eigenvalue weighted by atomic mass is 10.1. The zero-order valence-corrected chi connectivity index (χ0v) is 21.4. The van der Waals surface area contributed by atoms with Gasteiger partial charge >= 0.3 is 5.97 Å². The summed E-state index contributed by atoms with van der Waals surface area (Å²) in [4.78, 5) is 41.2. The number of nitrogens with zero attached hydrogens (tertiary/aromatic N) is 2. The van der Waals surface area contributed by atoms with Gasteiger partial charge in [-0.3, -0.25) is 19.4 Å². The van der Waals surface area contributed by atoms with Crippen molar-refractivity contribution in [2.45, 2.75) is 13.8 Å². The number of para-hydroxylation sites is 1. The molecule has 0 bridgehead atoms. The third-order valence-electron chi connectivity index (χ3n) is 6.34. The predicted molar refractivity (Wildman–Crippen MR) is 149 cm³/mol. The molecular formula is C30H22N2O5S. The maximum Gasteiger partial charge on any atom is 0.335 e. The summed E-state index contributed by atoms with van der Waals surface area (Å²) in [5, 5.41) is 9.19. The van der Waals surface area contributed by atoms with Crippen molar-refractivity contribution in [1.29, 1.82) is 0 Å². The van der Waals surface area contributed by atoms with Crippen LogP contribution in [0.25, 0.3) is 17.4 Å². The Morgan fingerprint density at radius 2 is 1.47 bits per heavy atom. The summed E-state index contributed by atoms with van der Waals surface area (Å²) in [5.41, 5.74) is 3.85. The van der Waals surface area contributed by atoms with Crippen molar-refractivity contribution in [3.8, 4) is 11.3 Å². The number of rotatable bonds is 5. The summed E-state index contributed by atoms with van der Waals surface area (Å²) in [6, 6.07) is 24.0. The molecule has 7 nitrogen and oxygen atoms in total. The number of hydrogen-bond donors (Lipinski definition) is 1. The van der Waals surface area contributed by atoms with Crippen LogP contribution in [0.3, 0.4) is 0 Å². The first-order valence-corrected chi connectivity index (χ1v) is 12.2. The van der Waals surface area contributed by atoms with Gasteiger partial charge in [0.2, 0.25) is 0 Å². The second-order valence-electron chi connectivity index (χ2n) is 8.81. The SMILES string of the molecule is Cc1ccc(N2C(=O)/C(=C\c3ccc(-c4ccc(C(=O)O)cc4)o3)C(=O)N(c3ccccc3)C2=S)cc1C. The van der Waals surface area contributed by atoms with E-state index in [2.05, 4.69) is 0 Å². The minimum atomic E-state index is -1.02. The minimum absolute atomic E-state index is 0.0604. The van der Waals surface area contributed by atoms with E-state index in [0.717, 1.165) is 11.1 Å². The van der Waals surface area contributed by atoms with Gasteiger partial charge in [-0.15, -0.1) is 0 Å². The molecule has 2 amide bonds. The molecule has 8 heteroatoms. The van der Waals surface area contributed by atoms with E-state index in [9.17, 15) is 14.4 Å². The first-order chi connectivity index (χ1) is 18.2. The van der Waals surface area contributed by atoms with Crippen LogP contribution in [0.15, 0.2) is 94.9 Å². The van der Waals surface area contributed by atoms with Crippen molar-refractivity contribution in [2.75, 3.05) is 9.80 Å². The number of anilines is 2. The van der Waals surface area contributed by atoms with Gasteiger partial charge in [-0.1, -0.05) is 36.4 Å². The summed E-state index contributed by atoms with van der Waals surface area (Å²) in [7, 11) is 0. The van der Waals surface area contributed by atoms with Gasteiger partial charge in [0.15, 0.2) is 5.11 Å². The molecule has 0 atom stereocenters. The monoisotopic (exact) mass is 522 g/mol. The maximum atomic E-state index is 13.7. The average Bonchev–Trinajstić information content (AvgIpc) is 3.38. The zero-order valence-electron chi connectivity index (χ0n) is 20.5. The molecule has 0 aliphatic carbocycles. The molecule has 38 heavy (non-hydrogen) atoms. The fourth-order valence-corrected chi connectivity index (χ4v) is 4.51. The van der Waals surface area contributed by atoms with Crippen LogP contribution in [-0.2, 0) is 9.59 Å². The summed E-state index contributed by atoms with van der Waals surface area (Å²) in [6.07, 6.45) is 1.41. The molecule has 1 N–H and O–H groups in total. The second kappa shape index (κ2) is 9.91. The molecule has 1 aliphatic rings. The van der Waals surface area contributed by atoms with E-state index in [-0.39, 0.29) is 16.2 Å². The van der Waals surface area contributed by atoms with Gasteiger partial charge in [0.25, 0.3) is 11.8 Å². The second-order valence-corrected chi connectivity index (χ2v) is 9.18. The number of carbonyl (C=O) groups excluding carboxylic acids is 2. The van der Waals surface area contributed by atoms with Gasteiger partial charge < -0.3 is 9.52 Å². The highest BCUT2D eigenvalue weighted by Gasteiger charge is 2.41. The minimum Gasteiger partial charge on any atom is -0.478 e. The number of aryl methyl sites for hydroxylation is 2. The van der Waals surface area contributed by atoms with E-state index < -0.39 is 17.8 Å². The van der Waals surface area contributed by atoms with Crippen LogP contribution in [0.4, 0.5) is 11.4 Å². The van der Waals surface area contributed by atoms with Gasteiger partial charge in [0.1, 0.15) is 17.1 Å².